The summed E-state index contributed by atoms with van der Waals surface area (Å²) < 4.78 is 14.6. The highest BCUT2D eigenvalue weighted by Crippen LogP contribution is 2.30. The molecule has 1 amide bonds. The predicted octanol–water partition coefficient (Wildman–Crippen LogP) is 6.94. The lowest BCUT2D eigenvalue weighted by Gasteiger charge is -2.26. The number of para-hydroxylation sites is 1. The first-order chi connectivity index (χ1) is 19.4. The second-order valence-electron chi connectivity index (χ2n) is 9.62. The summed E-state index contributed by atoms with van der Waals surface area (Å²) in [6.07, 6.45) is 2.24. The number of amides is 1. The Morgan fingerprint density at radius 2 is 1.60 bits per heavy atom. The first-order valence-corrected chi connectivity index (χ1v) is 14.5. The van der Waals surface area contributed by atoms with Gasteiger partial charge < -0.3 is 15.3 Å². The lowest BCUT2D eigenvalue weighted by molar-refractivity contribution is -0.139. The third-order valence-corrected chi connectivity index (χ3v) is 7.44. The molecule has 7 heteroatoms. The van der Waals surface area contributed by atoms with Gasteiger partial charge in [-0.25, -0.2) is 9.18 Å². The van der Waals surface area contributed by atoms with Gasteiger partial charge >= 0.3 is 5.97 Å². The van der Waals surface area contributed by atoms with Gasteiger partial charge in [0.15, 0.2) is 0 Å². The number of hydrogen-bond donors (Lipinski definition) is 2. The molecule has 4 rings (SSSR count). The zero-order valence-electron chi connectivity index (χ0n) is 22.6. The SMILES string of the molecule is CSCC[C@H](NC(=O)c1ccc(CN(Cc2ccccc2F)c2ccccc2)cc1-c1ccccc1C)C(=O)O. The number of anilines is 1. The van der Waals surface area contributed by atoms with Crippen LogP contribution in [-0.2, 0) is 17.9 Å². The van der Waals surface area contributed by atoms with Gasteiger partial charge in [-0.05, 0) is 77.9 Å². The Bertz CT molecular complexity index is 1460. The van der Waals surface area contributed by atoms with Crippen LogP contribution in [0.2, 0.25) is 0 Å². The van der Waals surface area contributed by atoms with Gasteiger partial charge in [-0.1, -0.05) is 66.7 Å². The highest BCUT2D eigenvalue weighted by molar-refractivity contribution is 7.98. The van der Waals surface area contributed by atoms with Gasteiger partial charge in [-0.3, -0.25) is 4.79 Å². The molecular formula is C33H33FN2O3S. The number of nitrogens with one attached hydrogen (secondary N) is 1. The van der Waals surface area contributed by atoms with Crippen LogP contribution in [0.25, 0.3) is 11.1 Å². The molecular weight excluding hydrogens is 523 g/mol. The molecule has 0 radical (unpaired) electrons. The van der Waals surface area contributed by atoms with E-state index in [9.17, 15) is 19.1 Å². The molecule has 0 aliphatic carbocycles. The Morgan fingerprint density at radius 3 is 2.30 bits per heavy atom. The number of benzene rings is 4. The fourth-order valence-electron chi connectivity index (χ4n) is 4.64. The minimum absolute atomic E-state index is 0.259. The van der Waals surface area contributed by atoms with Gasteiger partial charge in [-0.2, -0.15) is 11.8 Å². The van der Waals surface area contributed by atoms with Crippen molar-refractivity contribution in [1.82, 2.24) is 5.32 Å². The fraction of sp³-hybridized carbons (Fsp3) is 0.212. The first kappa shape index (κ1) is 28.9. The zero-order chi connectivity index (χ0) is 28.5. The normalized spacial score (nSPS) is 11.6. The molecule has 40 heavy (non-hydrogen) atoms. The van der Waals surface area contributed by atoms with Crippen LogP contribution in [0.5, 0.6) is 0 Å². The number of aryl methyl sites for hydroxylation is 1. The maximum absolute atomic E-state index is 14.6. The van der Waals surface area contributed by atoms with Crippen molar-refractivity contribution in [2.75, 3.05) is 16.9 Å². The fourth-order valence-corrected chi connectivity index (χ4v) is 5.12. The third kappa shape index (κ3) is 7.30. The molecule has 1 atom stereocenters. The number of nitrogens with zero attached hydrogens (tertiary/aromatic N) is 1. The number of carboxylic acid groups (broad SMARTS) is 1. The summed E-state index contributed by atoms with van der Waals surface area (Å²) in [6, 6.07) is 29.0. The molecule has 0 bridgehead atoms. The van der Waals surface area contributed by atoms with Crippen molar-refractivity contribution in [2.24, 2.45) is 0 Å². The van der Waals surface area contributed by atoms with Gasteiger partial charge in [0.2, 0.25) is 0 Å². The minimum Gasteiger partial charge on any atom is -0.480 e. The Kier molecular flexibility index (Phi) is 9.97. The molecule has 5 nitrogen and oxygen atoms in total. The molecule has 0 spiro atoms. The summed E-state index contributed by atoms with van der Waals surface area (Å²) in [5, 5.41) is 12.4. The number of carboxylic acids is 1. The average Bonchev–Trinajstić information content (AvgIpc) is 2.96. The van der Waals surface area contributed by atoms with Crippen LogP contribution in [0.4, 0.5) is 10.1 Å². The van der Waals surface area contributed by atoms with Gasteiger partial charge in [0.05, 0.1) is 0 Å². The van der Waals surface area contributed by atoms with Crippen LogP contribution in [0.3, 0.4) is 0 Å². The van der Waals surface area contributed by atoms with E-state index in [0.717, 1.165) is 27.9 Å². The predicted molar refractivity (Wildman–Crippen MR) is 161 cm³/mol. The summed E-state index contributed by atoms with van der Waals surface area (Å²) in [6.45, 7) is 2.83. The molecule has 0 aromatic heterocycles. The van der Waals surface area contributed by atoms with Crippen molar-refractivity contribution in [1.29, 1.82) is 0 Å². The highest BCUT2D eigenvalue weighted by atomic mass is 32.2. The maximum Gasteiger partial charge on any atom is 0.326 e. The van der Waals surface area contributed by atoms with E-state index in [-0.39, 0.29) is 5.82 Å². The van der Waals surface area contributed by atoms with Crippen molar-refractivity contribution in [3.05, 3.63) is 125 Å². The molecule has 0 saturated carbocycles. The van der Waals surface area contributed by atoms with Gasteiger partial charge in [-0.15, -0.1) is 0 Å². The van der Waals surface area contributed by atoms with E-state index >= 15 is 0 Å². The molecule has 0 saturated heterocycles. The molecule has 0 fully saturated rings. The smallest absolute Gasteiger partial charge is 0.326 e. The number of thioether (sulfide) groups is 1. The minimum atomic E-state index is -1.05. The Hall–Kier alpha value is -4.10. The van der Waals surface area contributed by atoms with E-state index in [1.165, 1.54) is 17.8 Å². The quantitative estimate of drug-likeness (QED) is 0.198. The monoisotopic (exact) mass is 556 g/mol. The van der Waals surface area contributed by atoms with Crippen LogP contribution in [-0.4, -0.2) is 35.0 Å². The molecule has 4 aromatic carbocycles. The zero-order valence-corrected chi connectivity index (χ0v) is 23.5. The first-order valence-electron chi connectivity index (χ1n) is 13.1. The molecule has 0 unspecified atom stereocenters. The van der Waals surface area contributed by atoms with Crippen molar-refractivity contribution >= 4 is 29.3 Å². The van der Waals surface area contributed by atoms with Gasteiger partial charge in [0.1, 0.15) is 11.9 Å². The Morgan fingerprint density at radius 1 is 0.900 bits per heavy atom. The average molecular weight is 557 g/mol. The lowest BCUT2D eigenvalue weighted by Crippen LogP contribution is -2.41. The number of hydrogen-bond acceptors (Lipinski definition) is 4. The maximum atomic E-state index is 14.6. The van der Waals surface area contributed by atoms with Crippen LogP contribution in [0.1, 0.15) is 33.5 Å². The Labute approximate surface area is 239 Å². The van der Waals surface area contributed by atoms with Crippen LogP contribution in [0.15, 0.2) is 97.1 Å². The van der Waals surface area contributed by atoms with Crippen molar-refractivity contribution in [3.8, 4) is 11.1 Å². The highest BCUT2D eigenvalue weighted by Gasteiger charge is 2.23. The molecule has 0 aliphatic rings. The second kappa shape index (κ2) is 13.8. The van der Waals surface area contributed by atoms with E-state index < -0.39 is 17.9 Å². The van der Waals surface area contributed by atoms with Crippen LogP contribution in [0, 0.1) is 12.7 Å². The molecule has 2 N–H and O–H groups in total. The third-order valence-electron chi connectivity index (χ3n) is 6.79. The lowest BCUT2D eigenvalue weighted by atomic mass is 9.93. The molecule has 206 valence electrons. The van der Waals surface area contributed by atoms with E-state index in [0.29, 0.717) is 36.4 Å². The number of carbonyl (C=O) groups is 2. The summed E-state index contributed by atoms with van der Waals surface area (Å²) in [4.78, 5) is 27.3. The van der Waals surface area contributed by atoms with E-state index in [4.69, 9.17) is 0 Å². The van der Waals surface area contributed by atoms with Crippen molar-refractivity contribution in [3.63, 3.8) is 0 Å². The summed E-state index contributed by atoms with van der Waals surface area (Å²) in [7, 11) is 0. The van der Waals surface area contributed by atoms with E-state index in [1.54, 1.807) is 18.2 Å². The standard InChI is InChI=1S/C33H33FN2O3S/c1-23-10-6-8-14-27(23)29-20-24(16-17-28(29)32(37)35-31(33(38)39)18-19-40-2)21-36(26-12-4-3-5-13-26)22-25-11-7-9-15-30(25)34/h3-17,20,31H,18-19,21-22H2,1-2H3,(H,35,37)(H,38,39)/t31-/m0/s1. The molecule has 4 aromatic rings. The largest absolute Gasteiger partial charge is 0.480 e. The van der Waals surface area contributed by atoms with E-state index in [1.807, 2.05) is 86.0 Å². The topological polar surface area (TPSA) is 69.6 Å². The summed E-state index contributed by atoms with van der Waals surface area (Å²) >= 11 is 1.54. The number of carbonyl (C=O) groups excluding carboxylic acids is 1. The number of halogens is 1. The van der Waals surface area contributed by atoms with E-state index in [2.05, 4.69) is 10.2 Å². The number of aliphatic carboxylic acids is 1. The van der Waals surface area contributed by atoms with Gasteiger partial charge in [0, 0.05) is 29.9 Å². The van der Waals surface area contributed by atoms with Crippen molar-refractivity contribution < 1.29 is 19.1 Å². The number of rotatable bonds is 12. The van der Waals surface area contributed by atoms with Crippen LogP contribution < -0.4 is 10.2 Å². The van der Waals surface area contributed by atoms with Crippen molar-refractivity contribution in [2.45, 2.75) is 32.5 Å². The molecule has 0 heterocycles. The van der Waals surface area contributed by atoms with Crippen LogP contribution >= 0.6 is 11.8 Å². The van der Waals surface area contributed by atoms with Gasteiger partial charge in [0.25, 0.3) is 5.91 Å². The Balaban J connectivity index is 1.71. The summed E-state index contributed by atoms with van der Waals surface area (Å²) in [5.74, 6) is -1.11. The summed E-state index contributed by atoms with van der Waals surface area (Å²) in [5.41, 5.74) is 5.50. The second-order valence-corrected chi connectivity index (χ2v) is 10.6. The molecule has 0 aliphatic heterocycles.